The van der Waals surface area contributed by atoms with Crippen LogP contribution in [0, 0.1) is 0 Å². The van der Waals surface area contributed by atoms with E-state index < -0.39 is 18.0 Å². The van der Waals surface area contributed by atoms with Crippen molar-refractivity contribution in [1.82, 2.24) is 15.1 Å². The van der Waals surface area contributed by atoms with Gasteiger partial charge >= 0.3 is 6.36 Å². The maximum Gasteiger partial charge on any atom is 0.573 e. The molecule has 0 aliphatic carbocycles. The first-order chi connectivity index (χ1) is 10.8. The van der Waals surface area contributed by atoms with Crippen LogP contribution in [0.25, 0.3) is 0 Å². The molecular weight excluding hydrogens is 315 g/mol. The Hall–Kier alpha value is -2.84. The summed E-state index contributed by atoms with van der Waals surface area (Å²) >= 11 is 0. The molecule has 122 valence electrons. The van der Waals surface area contributed by atoms with Crippen molar-refractivity contribution < 1.29 is 22.7 Å². The van der Waals surface area contributed by atoms with E-state index in [2.05, 4.69) is 15.2 Å². The molecule has 9 heteroatoms. The van der Waals surface area contributed by atoms with Crippen LogP contribution in [-0.2, 0) is 13.6 Å². The predicted octanol–water partition coefficient (Wildman–Crippen LogP) is 1.61. The molecule has 1 aromatic heterocycles. The molecule has 0 saturated heterocycles. The molecule has 0 radical (unpaired) electrons. The fourth-order valence-electron chi connectivity index (χ4n) is 1.76. The van der Waals surface area contributed by atoms with Crippen LogP contribution >= 0.6 is 0 Å². The SMILES string of the molecule is Cn1nc(C(=O)NCc2ccccc2OC(F)(F)F)ccc1=O. The van der Waals surface area contributed by atoms with Gasteiger partial charge in [-0.15, -0.1) is 13.2 Å². The molecule has 0 bridgehead atoms. The highest BCUT2D eigenvalue weighted by molar-refractivity contribution is 5.91. The zero-order valence-corrected chi connectivity index (χ0v) is 11.9. The summed E-state index contributed by atoms with van der Waals surface area (Å²) in [7, 11) is 1.38. The number of benzene rings is 1. The zero-order chi connectivity index (χ0) is 17.0. The van der Waals surface area contributed by atoms with Crippen LogP contribution in [0.15, 0.2) is 41.2 Å². The normalized spacial score (nSPS) is 11.1. The number of nitrogens with one attached hydrogen (secondary N) is 1. The van der Waals surface area contributed by atoms with Gasteiger partial charge in [-0.3, -0.25) is 9.59 Å². The van der Waals surface area contributed by atoms with Gasteiger partial charge in [-0.1, -0.05) is 18.2 Å². The molecule has 0 unspecified atom stereocenters. The van der Waals surface area contributed by atoms with Crippen LogP contribution < -0.4 is 15.6 Å². The van der Waals surface area contributed by atoms with Crippen molar-refractivity contribution in [3.05, 3.63) is 58.0 Å². The number of nitrogens with zero attached hydrogens (tertiary/aromatic N) is 2. The molecule has 2 rings (SSSR count). The van der Waals surface area contributed by atoms with Crippen LogP contribution in [-0.4, -0.2) is 22.1 Å². The summed E-state index contributed by atoms with van der Waals surface area (Å²) in [5.41, 5.74) is -0.255. The topological polar surface area (TPSA) is 73.2 Å². The smallest absolute Gasteiger partial charge is 0.405 e. The maximum absolute atomic E-state index is 12.3. The van der Waals surface area contributed by atoms with Gasteiger partial charge in [0, 0.05) is 25.2 Å². The molecule has 1 amide bonds. The van der Waals surface area contributed by atoms with E-state index in [0.717, 1.165) is 10.7 Å². The molecule has 23 heavy (non-hydrogen) atoms. The Balaban J connectivity index is 2.10. The van der Waals surface area contributed by atoms with Crippen LogP contribution in [0.2, 0.25) is 0 Å². The summed E-state index contributed by atoms with van der Waals surface area (Å²) in [6, 6.07) is 7.86. The van der Waals surface area contributed by atoms with Crippen molar-refractivity contribution in [2.45, 2.75) is 12.9 Å². The second-order valence-electron chi connectivity index (χ2n) is 4.52. The number of para-hydroxylation sites is 1. The number of ether oxygens (including phenoxy) is 1. The summed E-state index contributed by atoms with van der Waals surface area (Å²) in [5.74, 6) is -1.02. The first kappa shape index (κ1) is 16.5. The molecule has 0 aliphatic heterocycles. The summed E-state index contributed by atoms with van der Waals surface area (Å²) in [5, 5.41) is 6.17. The van der Waals surface area contributed by atoms with Gasteiger partial charge in [0.2, 0.25) is 0 Å². The van der Waals surface area contributed by atoms with Gasteiger partial charge in [-0.25, -0.2) is 4.68 Å². The minimum Gasteiger partial charge on any atom is -0.405 e. The number of aromatic nitrogens is 2. The summed E-state index contributed by atoms with van der Waals surface area (Å²) < 4.78 is 41.8. The summed E-state index contributed by atoms with van der Waals surface area (Å²) in [6.45, 7) is -0.185. The highest BCUT2D eigenvalue weighted by Gasteiger charge is 2.32. The monoisotopic (exact) mass is 327 g/mol. The lowest BCUT2D eigenvalue weighted by Gasteiger charge is -2.13. The third kappa shape index (κ3) is 4.56. The fraction of sp³-hybridized carbons (Fsp3) is 0.214. The molecule has 2 aromatic rings. The molecule has 1 aromatic carbocycles. The third-order valence-electron chi connectivity index (χ3n) is 2.83. The first-order valence-electron chi connectivity index (χ1n) is 6.42. The largest absolute Gasteiger partial charge is 0.573 e. The van der Waals surface area contributed by atoms with E-state index in [9.17, 15) is 22.8 Å². The van der Waals surface area contributed by atoms with E-state index in [1.165, 1.54) is 37.4 Å². The van der Waals surface area contributed by atoms with E-state index in [1.807, 2.05) is 0 Å². The number of aryl methyl sites for hydroxylation is 1. The molecule has 0 fully saturated rings. The molecule has 6 nitrogen and oxygen atoms in total. The number of amides is 1. The van der Waals surface area contributed by atoms with Crippen molar-refractivity contribution in [3.63, 3.8) is 0 Å². The Kier molecular flexibility index (Phi) is 4.68. The molecule has 1 N–H and O–H groups in total. The van der Waals surface area contributed by atoms with Crippen molar-refractivity contribution >= 4 is 5.91 Å². The number of halogens is 3. The number of hydrogen-bond donors (Lipinski definition) is 1. The van der Waals surface area contributed by atoms with Crippen molar-refractivity contribution in [3.8, 4) is 5.75 Å². The van der Waals surface area contributed by atoms with Gasteiger partial charge in [-0.2, -0.15) is 5.10 Å². The Morgan fingerprint density at radius 1 is 1.26 bits per heavy atom. The van der Waals surface area contributed by atoms with Crippen molar-refractivity contribution in [2.24, 2.45) is 7.05 Å². The molecule has 0 saturated carbocycles. The van der Waals surface area contributed by atoms with E-state index >= 15 is 0 Å². The number of rotatable bonds is 4. The Bertz CT molecular complexity index is 772. The molecule has 1 heterocycles. The lowest BCUT2D eigenvalue weighted by atomic mass is 10.2. The van der Waals surface area contributed by atoms with Gasteiger partial charge in [0.15, 0.2) is 0 Å². The van der Waals surface area contributed by atoms with Crippen LogP contribution in [0.4, 0.5) is 13.2 Å². The number of hydrogen-bond acceptors (Lipinski definition) is 4. The van der Waals surface area contributed by atoms with Crippen molar-refractivity contribution in [1.29, 1.82) is 0 Å². The van der Waals surface area contributed by atoms with Gasteiger partial charge < -0.3 is 10.1 Å². The van der Waals surface area contributed by atoms with Crippen LogP contribution in [0.3, 0.4) is 0 Å². The number of carbonyl (C=O) groups is 1. The number of alkyl halides is 3. The molecule has 0 atom stereocenters. The van der Waals surface area contributed by atoms with E-state index in [0.29, 0.717) is 0 Å². The third-order valence-corrected chi connectivity index (χ3v) is 2.83. The first-order valence-corrected chi connectivity index (χ1v) is 6.42. The molecule has 0 aliphatic rings. The summed E-state index contributed by atoms with van der Waals surface area (Å²) in [4.78, 5) is 23.1. The lowest BCUT2D eigenvalue weighted by Crippen LogP contribution is -2.28. The lowest BCUT2D eigenvalue weighted by molar-refractivity contribution is -0.274. The van der Waals surface area contributed by atoms with E-state index in [1.54, 1.807) is 0 Å². The van der Waals surface area contributed by atoms with Gasteiger partial charge in [0.05, 0.1) is 0 Å². The summed E-state index contributed by atoms with van der Waals surface area (Å²) in [6.07, 6.45) is -4.82. The molecule has 0 spiro atoms. The van der Waals surface area contributed by atoms with E-state index in [-0.39, 0.29) is 23.4 Å². The second-order valence-corrected chi connectivity index (χ2v) is 4.52. The quantitative estimate of drug-likeness (QED) is 0.926. The van der Waals surface area contributed by atoms with Gasteiger partial charge in [-0.05, 0) is 12.1 Å². The number of carbonyl (C=O) groups excluding carboxylic acids is 1. The average Bonchev–Trinajstić information content (AvgIpc) is 2.47. The fourth-order valence-corrected chi connectivity index (χ4v) is 1.76. The van der Waals surface area contributed by atoms with Crippen LogP contribution in [0.1, 0.15) is 16.1 Å². The highest BCUT2D eigenvalue weighted by Crippen LogP contribution is 2.26. The standard InChI is InChI=1S/C14H12F3N3O3/c1-20-12(21)7-6-10(19-20)13(22)18-8-9-4-2-3-5-11(9)23-14(15,16)17/h2-7H,8H2,1H3,(H,18,22). The Morgan fingerprint density at radius 2 is 1.96 bits per heavy atom. The highest BCUT2D eigenvalue weighted by atomic mass is 19.4. The van der Waals surface area contributed by atoms with Gasteiger partial charge in [0.25, 0.3) is 11.5 Å². The van der Waals surface area contributed by atoms with Crippen LogP contribution in [0.5, 0.6) is 5.75 Å². The molecular formula is C14H12F3N3O3. The Labute approximate surface area is 128 Å². The maximum atomic E-state index is 12.3. The minimum absolute atomic E-state index is 0.0266. The zero-order valence-electron chi connectivity index (χ0n) is 11.9. The van der Waals surface area contributed by atoms with E-state index in [4.69, 9.17) is 0 Å². The second kappa shape index (κ2) is 6.51. The van der Waals surface area contributed by atoms with Crippen molar-refractivity contribution in [2.75, 3.05) is 0 Å². The Morgan fingerprint density at radius 3 is 2.61 bits per heavy atom. The predicted molar refractivity (Wildman–Crippen MR) is 73.8 cm³/mol. The minimum atomic E-state index is -4.82. The van der Waals surface area contributed by atoms with Gasteiger partial charge in [0.1, 0.15) is 11.4 Å². The average molecular weight is 327 g/mol.